The number of benzene rings is 1. The molecule has 5 heteroatoms. The van der Waals surface area contributed by atoms with Gasteiger partial charge < -0.3 is 15.4 Å². The van der Waals surface area contributed by atoms with E-state index in [4.69, 9.17) is 4.74 Å². The molecule has 0 unspecified atom stereocenters. The van der Waals surface area contributed by atoms with Crippen molar-refractivity contribution >= 4 is 11.8 Å². The smallest absolute Gasteiger partial charge is 0.223 e. The van der Waals surface area contributed by atoms with E-state index < -0.39 is 0 Å². The van der Waals surface area contributed by atoms with Crippen molar-refractivity contribution in [3.63, 3.8) is 0 Å². The van der Waals surface area contributed by atoms with Crippen LogP contribution in [0.2, 0.25) is 0 Å². The Labute approximate surface area is 126 Å². The van der Waals surface area contributed by atoms with Crippen LogP contribution in [0.5, 0.6) is 5.75 Å². The average molecular weight is 292 g/mol. The molecule has 2 amide bonds. The lowest BCUT2D eigenvalue weighted by Gasteiger charge is -2.08. The minimum Gasteiger partial charge on any atom is -0.493 e. The monoisotopic (exact) mass is 292 g/mol. The van der Waals surface area contributed by atoms with Crippen LogP contribution >= 0.6 is 0 Å². The molecule has 0 saturated heterocycles. The zero-order valence-electron chi connectivity index (χ0n) is 12.6. The number of rotatable bonds is 10. The molecule has 1 aromatic carbocycles. The Hall–Kier alpha value is -2.04. The highest BCUT2D eigenvalue weighted by molar-refractivity contribution is 5.77. The largest absolute Gasteiger partial charge is 0.493 e. The van der Waals surface area contributed by atoms with Gasteiger partial charge in [-0.25, -0.2) is 0 Å². The van der Waals surface area contributed by atoms with Gasteiger partial charge in [0.05, 0.1) is 13.0 Å². The van der Waals surface area contributed by atoms with E-state index in [-0.39, 0.29) is 11.8 Å². The molecule has 0 fully saturated rings. The fraction of sp³-hybridized carbons (Fsp3) is 0.500. The summed E-state index contributed by atoms with van der Waals surface area (Å²) in [7, 11) is 0. The van der Waals surface area contributed by atoms with E-state index in [1.807, 2.05) is 37.3 Å². The molecule has 0 heterocycles. The number of hydrogen-bond acceptors (Lipinski definition) is 3. The predicted octanol–water partition coefficient (Wildman–Crippen LogP) is 1.88. The van der Waals surface area contributed by atoms with E-state index in [0.29, 0.717) is 32.5 Å². The van der Waals surface area contributed by atoms with E-state index >= 15 is 0 Å². The van der Waals surface area contributed by atoms with Crippen molar-refractivity contribution in [2.45, 2.75) is 32.6 Å². The van der Waals surface area contributed by atoms with Crippen LogP contribution in [-0.4, -0.2) is 31.5 Å². The van der Waals surface area contributed by atoms with E-state index in [9.17, 15) is 9.59 Å². The zero-order chi connectivity index (χ0) is 15.3. The van der Waals surface area contributed by atoms with E-state index in [0.717, 1.165) is 18.6 Å². The second-order valence-electron chi connectivity index (χ2n) is 4.71. The molecule has 1 aromatic rings. The summed E-state index contributed by atoms with van der Waals surface area (Å²) in [5.74, 6) is 0.723. The molecule has 21 heavy (non-hydrogen) atoms. The van der Waals surface area contributed by atoms with Crippen LogP contribution in [0.25, 0.3) is 0 Å². The van der Waals surface area contributed by atoms with Gasteiger partial charge in [0.15, 0.2) is 0 Å². The number of para-hydroxylation sites is 1. The third-order valence-corrected chi connectivity index (χ3v) is 2.87. The Morgan fingerprint density at radius 1 is 1.00 bits per heavy atom. The molecule has 0 aromatic heterocycles. The molecular formula is C16H24N2O3. The zero-order valence-corrected chi connectivity index (χ0v) is 12.6. The lowest BCUT2D eigenvalue weighted by molar-refractivity contribution is -0.123. The highest BCUT2D eigenvalue weighted by Gasteiger charge is 2.02. The normalized spacial score (nSPS) is 9.95. The summed E-state index contributed by atoms with van der Waals surface area (Å²) in [5.41, 5.74) is 0. The Morgan fingerprint density at radius 2 is 1.62 bits per heavy atom. The highest BCUT2D eigenvalue weighted by Crippen LogP contribution is 2.08. The summed E-state index contributed by atoms with van der Waals surface area (Å²) in [6.45, 7) is 3.31. The third-order valence-electron chi connectivity index (χ3n) is 2.87. The molecule has 0 spiro atoms. The summed E-state index contributed by atoms with van der Waals surface area (Å²) in [6.07, 6.45) is 2.76. The number of carbonyl (C=O) groups excluding carboxylic acids is 2. The van der Waals surface area contributed by atoms with Gasteiger partial charge in [-0.1, -0.05) is 31.5 Å². The number of amides is 2. The number of carbonyl (C=O) groups is 2. The lowest BCUT2D eigenvalue weighted by Crippen LogP contribution is -2.35. The van der Waals surface area contributed by atoms with Gasteiger partial charge in [0, 0.05) is 19.5 Å². The molecule has 116 valence electrons. The summed E-state index contributed by atoms with van der Waals surface area (Å²) < 4.78 is 5.43. The van der Waals surface area contributed by atoms with Gasteiger partial charge in [0.25, 0.3) is 0 Å². The quantitative estimate of drug-likeness (QED) is 0.647. The summed E-state index contributed by atoms with van der Waals surface area (Å²) in [5, 5.41) is 5.52. The topological polar surface area (TPSA) is 67.4 Å². The van der Waals surface area contributed by atoms with Crippen molar-refractivity contribution in [1.29, 1.82) is 0 Å². The van der Waals surface area contributed by atoms with Crippen LogP contribution in [0.3, 0.4) is 0 Å². The van der Waals surface area contributed by atoms with Gasteiger partial charge in [0.1, 0.15) is 5.75 Å². The molecule has 0 radical (unpaired) electrons. The van der Waals surface area contributed by atoms with Crippen LogP contribution in [-0.2, 0) is 9.59 Å². The molecule has 0 bridgehead atoms. The second kappa shape index (κ2) is 10.7. The first-order valence-electron chi connectivity index (χ1n) is 7.43. The predicted molar refractivity (Wildman–Crippen MR) is 82.1 cm³/mol. The minimum absolute atomic E-state index is 0.0403. The van der Waals surface area contributed by atoms with Gasteiger partial charge in [-0.15, -0.1) is 0 Å². The lowest BCUT2D eigenvalue weighted by atomic mass is 10.2. The third kappa shape index (κ3) is 8.68. The fourth-order valence-corrected chi connectivity index (χ4v) is 1.70. The highest BCUT2D eigenvalue weighted by atomic mass is 16.5. The standard InChI is InChI=1S/C16H24N2O3/c1-2-3-9-15(19)17-11-12-18-16(20)10-13-21-14-7-5-4-6-8-14/h4-8H,2-3,9-13H2,1H3,(H,17,19)(H,18,20). The van der Waals surface area contributed by atoms with Crippen LogP contribution < -0.4 is 15.4 Å². The van der Waals surface area contributed by atoms with E-state index in [1.165, 1.54) is 0 Å². The molecule has 2 N–H and O–H groups in total. The van der Waals surface area contributed by atoms with E-state index in [1.54, 1.807) is 0 Å². The van der Waals surface area contributed by atoms with Crippen LogP contribution in [0, 0.1) is 0 Å². The van der Waals surface area contributed by atoms with Crippen molar-refractivity contribution in [2.75, 3.05) is 19.7 Å². The number of hydrogen-bond donors (Lipinski definition) is 2. The molecule has 0 aliphatic heterocycles. The average Bonchev–Trinajstić information content (AvgIpc) is 2.50. The van der Waals surface area contributed by atoms with Crippen LogP contribution in [0.4, 0.5) is 0 Å². The molecule has 1 rings (SSSR count). The maximum atomic E-state index is 11.5. The summed E-state index contributed by atoms with van der Waals surface area (Å²) >= 11 is 0. The molecule has 0 atom stereocenters. The van der Waals surface area contributed by atoms with Gasteiger partial charge in [-0.2, -0.15) is 0 Å². The van der Waals surface area contributed by atoms with Crippen molar-refractivity contribution < 1.29 is 14.3 Å². The molecule has 5 nitrogen and oxygen atoms in total. The number of ether oxygens (including phenoxy) is 1. The SMILES string of the molecule is CCCCC(=O)NCCNC(=O)CCOc1ccccc1. The Morgan fingerprint density at radius 3 is 2.24 bits per heavy atom. The Bertz CT molecular complexity index is 421. The first kappa shape index (κ1) is 17.0. The van der Waals surface area contributed by atoms with Gasteiger partial charge >= 0.3 is 0 Å². The van der Waals surface area contributed by atoms with Crippen LogP contribution in [0.15, 0.2) is 30.3 Å². The molecule has 0 aliphatic carbocycles. The number of unbranched alkanes of at least 4 members (excludes halogenated alkanes) is 1. The van der Waals surface area contributed by atoms with Crippen LogP contribution in [0.1, 0.15) is 32.6 Å². The Kier molecular flexibility index (Phi) is 8.68. The Balaban J connectivity index is 2.00. The summed E-state index contributed by atoms with van der Waals surface area (Å²) in [4.78, 5) is 22.9. The van der Waals surface area contributed by atoms with Crippen molar-refractivity contribution in [3.8, 4) is 5.75 Å². The van der Waals surface area contributed by atoms with Gasteiger partial charge in [-0.3, -0.25) is 9.59 Å². The second-order valence-corrected chi connectivity index (χ2v) is 4.71. The summed E-state index contributed by atoms with van der Waals surface area (Å²) in [6, 6.07) is 9.38. The first-order valence-corrected chi connectivity index (χ1v) is 7.43. The molecule has 0 saturated carbocycles. The van der Waals surface area contributed by atoms with Crippen molar-refractivity contribution in [1.82, 2.24) is 10.6 Å². The number of nitrogens with one attached hydrogen (secondary N) is 2. The maximum absolute atomic E-state index is 11.5. The minimum atomic E-state index is -0.0752. The maximum Gasteiger partial charge on any atom is 0.223 e. The molecular weight excluding hydrogens is 268 g/mol. The molecule has 0 aliphatic rings. The van der Waals surface area contributed by atoms with Crippen molar-refractivity contribution in [2.24, 2.45) is 0 Å². The van der Waals surface area contributed by atoms with E-state index in [2.05, 4.69) is 10.6 Å². The fourth-order valence-electron chi connectivity index (χ4n) is 1.70. The van der Waals surface area contributed by atoms with Gasteiger partial charge in [0.2, 0.25) is 11.8 Å². The van der Waals surface area contributed by atoms with Gasteiger partial charge in [-0.05, 0) is 18.6 Å². The first-order chi connectivity index (χ1) is 10.2. The van der Waals surface area contributed by atoms with Crippen molar-refractivity contribution in [3.05, 3.63) is 30.3 Å².